The molecule has 0 amide bonds. The van der Waals surface area contributed by atoms with E-state index in [0.29, 0.717) is 47.2 Å². The van der Waals surface area contributed by atoms with Gasteiger partial charge in [0.2, 0.25) is 0 Å². The van der Waals surface area contributed by atoms with Gasteiger partial charge < -0.3 is 5.11 Å². The number of hydrogen-bond acceptors (Lipinski definition) is 4. The summed E-state index contributed by atoms with van der Waals surface area (Å²) in [5.41, 5.74) is 0.515. The number of likely N-dealkylation sites (tertiary alicyclic amines) is 1. The second kappa shape index (κ2) is 6.78. The number of nitrogens with zero attached hydrogens (tertiary/aromatic N) is 2. The third kappa shape index (κ3) is 3.76. The van der Waals surface area contributed by atoms with Crippen LogP contribution in [-0.2, 0) is 19.3 Å². The number of aliphatic hydroxyl groups excluding tert-OH is 1. The van der Waals surface area contributed by atoms with Gasteiger partial charge in [-0.1, -0.05) is 12.1 Å². The van der Waals surface area contributed by atoms with Gasteiger partial charge in [-0.3, -0.25) is 4.90 Å². The first-order chi connectivity index (χ1) is 11.4. The molecule has 0 saturated carbocycles. The van der Waals surface area contributed by atoms with Gasteiger partial charge in [0.25, 0.3) is 0 Å². The van der Waals surface area contributed by atoms with E-state index < -0.39 is 17.9 Å². The number of rotatable bonds is 4. The minimum Gasteiger partial charge on any atom is -0.391 e. The van der Waals surface area contributed by atoms with Crippen molar-refractivity contribution in [3.63, 3.8) is 0 Å². The van der Waals surface area contributed by atoms with Gasteiger partial charge >= 0.3 is 6.18 Å². The fourth-order valence-corrected chi connectivity index (χ4v) is 3.63. The molecule has 2 aromatic rings. The zero-order valence-electron chi connectivity index (χ0n) is 12.7. The van der Waals surface area contributed by atoms with E-state index in [4.69, 9.17) is 0 Å². The van der Waals surface area contributed by atoms with Crippen LogP contribution in [0, 0.1) is 0 Å². The number of hydrogen-bond donors (Lipinski definition) is 1. The third-order valence-corrected chi connectivity index (χ3v) is 5.10. The van der Waals surface area contributed by atoms with Crippen LogP contribution in [-0.4, -0.2) is 34.3 Å². The topological polar surface area (TPSA) is 36.4 Å². The van der Waals surface area contributed by atoms with E-state index in [2.05, 4.69) is 4.98 Å². The van der Waals surface area contributed by atoms with Crippen LogP contribution in [0.3, 0.4) is 0 Å². The molecule has 0 radical (unpaired) electrons. The van der Waals surface area contributed by atoms with Crippen molar-refractivity contribution in [3.05, 3.63) is 40.4 Å². The number of aromatic nitrogens is 1. The lowest BCUT2D eigenvalue weighted by atomic mass is 10.1. The van der Waals surface area contributed by atoms with Crippen LogP contribution < -0.4 is 0 Å². The van der Waals surface area contributed by atoms with Crippen LogP contribution in [0.4, 0.5) is 17.6 Å². The van der Waals surface area contributed by atoms with Crippen molar-refractivity contribution in [1.82, 2.24) is 9.88 Å². The molecule has 1 N–H and O–H groups in total. The highest BCUT2D eigenvalue weighted by Gasteiger charge is 2.30. The first-order valence-corrected chi connectivity index (χ1v) is 8.32. The molecular formula is C16H16F4N2OS. The van der Waals surface area contributed by atoms with Gasteiger partial charge in [0.15, 0.2) is 0 Å². The fourth-order valence-electron chi connectivity index (χ4n) is 2.70. The molecule has 1 aliphatic heterocycles. The van der Waals surface area contributed by atoms with Crippen LogP contribution in [0.1, 0.15) is 22.6 Å². The Morgan fingerprint density at radius 3 is 2.50 bits per heavy atom. The van der Waals surface area contributed by atoms with E-state index in [1.807, 2.05) is 4.90 Å². The lowest BCUT2D eigenvalue weighted by Crippen LogP contribution is -2.21. The molecule has 8 heteroatoms. The van der Waals surface area contributed by atoms with Crippen molar-refractivity contribution in [2.24, 2.45) is 0 Å². The Balaban J connectivity index is 1.81. The van der Waals surface area contributed by atoms with Gasteiger partial charge in [0.05, 0.1) is 22.7 Å². The Morgan fingerprint density at radius 1 is 1.25 bits per heavy atom. The smallest absolute Gasteiger partial charge is 0.391 e. The van der Waals surface area contributed by atoms with Crippen molar-refractivity contribution in [2.45, 2.75) is 31.9 Å². The molecular weight excluding hydrogens is 344 g/mol. The largest absolute Gasteiger partial charge is 0.416 e. The predicted molar refractivity (Wildman–Crippen MR) is 83.3 cm³/mol. The summed E-state index contributed by atoms with van der Waals surface area (Å²) >= 11 is 1.25. The van der Waals surface area contributed by atoms with E-state index in [9.17, 15) is 22.7 Å². The zero-order chi connectivity index (χ0) is 17.3. The summed E-state index contributed by atoms with van der Waals surface area (Å²) in [5, 5.41) is 10.0. The zero-order valence-corrected chi connectivity index (χ0v) is 13.5. The quantitative estimate of drug-likeness (QED) is 0.841. The maximum atomic E-state index is 13.3. The van der Waals surface area contributed by atoms with E-state index in [1.54, 1.807) is 0 Å². The second-order valence-corrected chi connectivity index (χ2v) is 6.83. The summed E-state index contributed by atoms with van der Waals surface area (Å²) in [6.45, 7) is 1.23. The highest BCUT2D eigenvalue weighted by atomic mass is 32.1. The van der Waals surface area contributed by atoms with Crippen LogP contribution >= 0.6 is 11.3 Å². The Hall–Kier alpha value is -1.51. The highest BCUT2D eigenvalue weighted by Crippen LogP contribution is 2.33. The van der Waals surface area contributed by atoms with E-state index >= 15 is 0 Å². The summed E-state index contributed by atoms with van der Waals surface area (Å²) in [4.78, 5) is 7.03. The Bertz CT molecular complexity index is 699. The number of alkyl halides is 4. The molecule has 0 spiro atoms. The van der Waals surface area contributed by atoms with Crippen molar-refractivity contribution in [2.75, 3.05) is 13.1 Å². The normalized spacial score (nSPS) is 19.1. The maximum Gasteiger partial charge on any atom is 0.416 e. The first kappa shape index (κ1) is 17.3. The number of benzene rings is 1. The van der Waals surface area contributed by atoms with Crippen LogP contribution in [0.15, 0.2) is 24.3 Å². The molecule has 0 bridgehead atoms. The number of thiazole rings is 1. The molecule has 1 aromatic heterocycles. The summed E-state index contributed by atoms with van der Waals surface area (Å²) in [5.74, 6) is 0. The average Bonchev–Trinajstić information content (AvgIpc) is 3.13. The average molecular weight is 360 g/mol. The van der Waals surface area contributed by atoms with Gasteiger partial charge in [-0.15, -0.1) is 11.3 Å². The number of aliphatic hydroxyl groups is 1. The minimum atomic E-state index is -4.37. The van der Waals surface area contributed by atoms with Gasteiger partial charge in [-0.2, -0.15) is 13.2 Å². The molecule has 1 aliphatic rings. The monoisotopic (exact) mass is 360 g/mol. The SMILES string of the molecule is OCc1sc(-c2ccc(C(F)(F)F)cc2)nc1CN1CC[C@@H](F)C1. The summed E-state index contributed by atoms with van der Waals surface area (Å²) in [6.07, 6.45) is -4.72. The van der Waals surface area contributed by atoms with Crippen molar-refractivity contribution in [1.29, 1.82) is 0 Å². The summed E-state index contributed by atoms with van der Waals surface area (Å²) in [7, 11) is 0. The maximum absolute atomic E-state index is 13.3. The molecule has 1 fully saturated rings. The molecule has 3 nitrogen and oxygen atoms in total. The van der Waals surface area contributed by atoms with E-state index in [1.165, 1.54) is 23.5 Å². The summed E-state index contributed by atoms with van der Waals surface area (Å²) in [6, 6.07) is 4.78. The highest BCUT2D eigenvalue weighted by molar-refractivity contribution is 7.15. The molecule has 130 valence electrons. The molecule has 1 atom stereocenters. The molecule has 1 aromatic carbocycles. The molecule has 1 saturated heterocycles. The molecule has 24 heavy (non-hydrogen) atoms. The van der Waals surface area contributed by atoms with Crippen molar-refractivity contribution in [3.8, 4) is 10.6 Å². The van der Waals surface area contributed by atoms with Gasteiger partial charge in [-0.25, -0.2) is 9.37 Å². The predicted octanol–water partition coefficient (Wildman–Crippen LogP) is 3.87. The van der Waals surface area contributed by atoms with Crippen LogP contribution in [0.25, 0.3) is 10.6 Å². The van der Waals surface area contributed by atoms with Gasteiger partial charge in [0, 0.05) is 25.2 Å². The standard InChI is InChI=1S/C16H16F4N2OS/c17-12-5-6-22(7-12)8-13-14(9-23)24-15(21-13)10-1-3-11(4-2-10)16(18,19)20/h1-4,12,23H,5-9H2/t12-/m1/s1. The lowest BCUT2D eigenvalue weighted by Gasteiger charge is -2.13. The summed E-state index contributed by atoms with van der Waals surface area (Å²) < 4.78 is 51.1. The fraction of sp³-hybridized carbons (Fsp3) is 0.438. The Morgan fingerprint density at radius 2 is 1.96 bits per heavy atom. The Labute approximate surface area is 140 Å². The second-order valence-electron chi connectivity index (χ2n) is 5.74. The van der Waals surface area contributed by atoms with Gasteiger partial charge in [-0.05, 0) is 18.6 Å². The molecule has 3 rings (SSSR count). The first-order valence-electron chi connectivity index (χ1n) is 7.50. The molecule has 0 unspecified atom stereocenters. The van der Waals surface area contributed by atoms with Crippen molar-refractivity contribution >= 4 is 11.3 Å². The van der Waals surface area contributed by atoms with Crippen LogP contribution in [0.5, 0.6) is 0 Å². The third-order valence-electron chi connectivity index (χ3n) is 3.97. The van der Waals surface area contributed by atoms with E-state index in [-0.39, 0.29) is 6.61 Å². The Kier molecular flexibility index (Phi) is 4.89. The van der Waals surface area contributed by atoms with Crippen LogP contribution in [0.2, 0.25) is 0 Å². The lowest BCUT2D eigenvalue weighted by molar-refractivity contribution is -0.137. The molecule has 2 heterocycles. The van der Waals surface area contributed by atoms with E-state index in [0.717, 1.165) is 12.1 Å². The molecule has 0 aliphatic carbocycles. The van der Waals surface area contributed by atoms with Crippen molar-refractivity contribution < 1.29 is 22.7 Å². The minimum absolute atomic E-state index is 0.194. The van der Waals surface area contributed by atoms with Gasteiger partial charge in [0.1, 0.15) is 11.2 Å². The number of halogens is 4.